The first-order chi connectivity index (χ1) is 17.8. The maximum absolute atomic E-state index is 13.3. The third kappa shape index (κ3) is 13.2. The van der Waals surface area contributed by atoms with Crippen LogP contribution in [-0.4, -0.2) is 78.2 Å². The number of ether oxygens (including phenoxy) is 3. The summed E-state index contributed by atoms with van der Waals surface area (Å²) < 4.78 is 14.3. The molecular weight excluding hydrogens is 516 g/mol. The molecule has 1 aliphatic carbocycles. The first-order valence-electron chi connectivity index (χ1n) is 13.1. The fourth-order valence-electron chi connectivity index (χ4n) is 4.47. The summed E-state index contributed by atoms with van der Waals surface area (Å²) in [6.07, 6.45) is 10.6. The van der Waals surface area contributed by atoms with E-state index in [1.807, 2.05) is 6.08 Å². The number of aliphatic hydroxyl groups excluding tert-OH is 1. The Morgan fingerprint density at radius 2 is 1.59 bits per heavy atom. The number of aliphatic hydroxyl groups is 1. The number of thioether (sulfide) groups is 2. The second kappa shape index (κ2) is 19.5. The highest BCUT2D eigenvalue weighted by molar-refractivity contribution is 8.01. The zero-order valence-corrected chi connectivity index (χ0v) is 24.3. The Morgan fingerprint density at radius 1 is 0.946 bits per heavy atom. The Kier molecular flexibility index (Phi) is 17.7. The van der Waals surface area contributed by atoms with E-state index in [0.717, 1.165) is 32.1 Å². The van der Waals surface area contributed by atoms with E-state index < -0.39 is 6.10 Å². The predicted molar refractivity (Wildman–Crippen MR) is 148 cm³/mol. The van der Waals surface area contributed by atoms with Crippen LogP contribution in [0.4, 0.5) is 0 Å². The summed E-state index contributed by atoms with van der Waals surface area (Å²) in [5.41, 5.74) is 0. The molecule has 1 rings (SSSR count). The highest BCUT2D eigenvalue weighted by Gasteiger charge is 2.45. The quantitative estimate of drug-likeness (QED) is 0.106. The number of hydrogen-bond donors (Lipinski definition) is 1. The molecule has 37 heavy (non-hydrogen) atoms. The van der Waals surface area contributed by atoms with Crippen molar-refractivity contribution in [3.63, 3.8) is 0 Å². The van der Waals surface area contributed by atoms with Gasteiger partial charge in [0.15, 0.2) is 0 Å². The minimum absolute atomic E-state index is 0.106. The summed E-state index contributed by atoms with van der Waals surface area (Å²) >= 11 is 2.83. The van der Waals surface area contributed by atoms with Crippen LogP contribution in [0.3, 0.4) is 0 Å². The molecule has 1 fully saturated rings. The largest absolute Gasteiger partial charge is 0.469 e. The van der Waals surface area contributed by atoms with Crippen LogP contribution < -0.4 is 0 Å². The Morgan fingerprint density at radius 3 is 2.24 bits per heavy atom. The molecule has 1 unspecified atom stereocenters. The number of unbranched alkanes of at least 4 members (excludes halogenated alkanes) is 4. The zero-order chi connectivity index (χ0) is 27.6. The van der Waals surface area contributed by atoms with Gasteiger partial charge in [0.05, 0.1) is 38.9 Å². The van der Waals surface area contributed by atoms with Gasteiger partial charge in [-0.25, -0.2) is 0 Å². The van der Waals surface area contributed by atoms with Crippen LogP contribution in [0.25, 0.3) is 0 Å². The zero-order valence-electron chi connectivity index (χ0n) is 22.6. The molecule has 1 aliphatic rings. The van der Waals surface area contributed by atoms with Crippen molar-refractivity contribution in [3.05, 3.63) is 12.2 Å². The van der Waals surface area contributed by atoms with E-state index in [0.29, 0.717) is 32.1 Å². The van der Waals surface area contributed by atoms with E-state index in [4.69, 9.17) is 14.2 Å². The fraction of sp³-hybridized carbons (Fsp3) is 0.778. The standard InChI is InChI=1S/C27H44O8S2/c1-5-6-8-11-19(28)14-15-20-23(37-18-26(32)35-4)16-21(29)27(20)22(36-17-25(31)34-3)12-9-7-10-13-24(30)33-2/h14-15,19-20,22-23,27-28H,5-13,16-18H2,1-4H3/b15-14+/t19-,20-,22?,23+,27+/m0/s1. The molecule has 212 valence electrons. The van der Waals surface area contributed by atoms with Crippen molar-refractivity contribution >= 4 is 47.2 Å². The molecule has 0 bridgehead atoms. The fourth-order valence-corrected chi connectivity index (χ4v) is 7.04. The number of carbonyl (C=O) groups is 4. The molecular formula is C27H44O8S2. The molecule has 0 saturated heterocycles. The number of ketones is 1. The number of allylic oxidation sites excluding steroid dienone is 1. The van der Waals surface area contributed by atoms with Crippen molar-refractivity contribution in [1.29, 1.82) is 0 Å². The molecule has 0 amide bonds. The van der Waals surface area contributed by atoms with Gasteiger partial charge in [-0.1, -0.05) is 51.2 Å². The van der Waals surface area contributed by atoms with E-state index in [1.165, 1.54) is 44.9 Å². The van der Waals surface area contributed by atoms with E-state index in [9.17, 15) is 24.3 Å². The first-order valence-corrected chi connectivity index (χ1v) is 15.2. The Balaban J connectivity index is 3.04. The normalized spacial score (nSPS) is 21.1. The van der Waals surface area contributed by atoms with Crippen LogP contribution in [0, 0.1) is 11.8 Å². The molecule has 0 aromatic rings. The predicted octanol–water partition coefficient (Wildman–Crippen LogP) is 4.36. The third-order valence-corrected chi connectivity index (χ3v) is 9.23. The van der Waals surface area contributed by atoms with Gasteiger partial charge in [-0.2, -0.15) is 0 Å². The second-order valence-corrected chi connectivity index (χ2v) is 11.7. The lowest BCUT2D eigenvalue weighted by molar-refractivity contribution is -0.141. The van der Waals surface area contributed by atoms with Crippen LogP contribution in [0.5, 0.6) is 0 Å². The summed E-state index contributed by atoms with van der Waals surface area (Å²) in [6.45, 7) is 2.11. The van der Waals surface area contributed by atoms with E-state index >= 15 is 0 Å². The van der Waals surface area contributed by atoms with Gasteiger partial charge in [0.25, 0.3) is 0 Å². The molecule has 8 nitrogen and oxygen atoms in total. The van der Waals surface area contributed by atoms with Crippen LogP contribution in [0.2, 0.25) is 0 Å². The minimum Gasteiger partial charge on any atom is -0.469 e. The van der Waals surface area contributed by atoms with Crippen LogP contribution >= 0.6 is 23.5 Å². The number of hydrogen-bond acceptors (Lipinski definition) is 10. The molecule has 0 heterocycles. The monoisotopic (exact) mass is 560 g/mol. The van der Waals surface area contributed by atoms with Crippen molar-refractivity contribution in [2.24, 2.45) is 11.8 Å². The van der Waals surface area contributed by atoms with Gasteiger partial charge in [0.2, 0.25) is 0 Å². The topological polar surface area (TPSA) is 116 Å². The Labute approximate surface area is 230 Å². The maximum atomic E-state index is 13.3. The smallest absolute Gasteiger partial charge is 0.315 e. The average molecular weight is 561 g/mol. The molecule has 1 N–H and O–H groups in total. The van der Waals surface area contributed by atoms with Crippen molar-refractivity contribution in [3.8, 4) is 0 Å². The summed E-state index contributed by atoms with van der Waals surface area (Å²) in [5.74, 6) is -1.05. The highest BCUT2D eigenvalue weighted by Crippen LogP contribution is 2.44. The number of Topliss-reactive ketones (excluding diaryl/α,β-unsaturated/α-hetero) is 1. The van der Waals surface area contributed by atoms with E-state index in [2.05, 4.69) is 6.92 Å². The van der Waals surface area contributed by atoms with Gasteiger partial charge < -0.3 is 19.3 Å². The maximum Gasteiger partial charge on any atom is 0.315 e. The molecule has 1 saturated carbocycles. The van der Waals surface area contributed by atoms with Gasteiger partial charge in [0.1, 0.15) is 5.78 Å². The minimum atomic E-state index is -0.589. The van der Waals surface area contributed by atoms with Crippen LogP contribution in [0.15, 0.2) is 12.2 Å². The number of esters is 3. The molecule has 0 aromatic carbocycles. The summed E-state index contributed by atoms with van der Waals surface area (Å²) in [4.78, 5) is 48.4. The Hall–Kier alpha value is -1.52. The van der Waals surface area contributed by atoms with Crippen molar-refractivity contribution < 1.29 is 38.5 Å². The van der Waals surface area contributed by atoms with Gasteiger partial charge in [-0.3, -0.25) is 19.2 Å². The average Bonchev–Trinajstić information content (AvgIpc) is 3.21. The van der Waals surface area contributed by atoms with Crippen molar-refractivity contribution in [2.45, 2.75) is 87.7 Å². The first kappa shape index (κ1) is 33.5. The van der Waals surface area contributed by atoms with Gasteiger partial charge >= 0.3 is 17.9 Å². The van der Waals surface area contributed by atoms with E-state index in [-0.39, 0.29) is 57.5 Å². The molecule has 5 atom stereocenters. The number of methoxy groups -OCH3 is 3. The van der Waals surface area contributed by atoms with Crippen molar-refractivity contribution in [1.82, 2.24) is 0 Å². The lowest BCUT2D eigenvalue weighted by atomic mass is 9.88. The number of carbonyl (C=O) groups excluding carboxylic acids is 4. The molecule has 0 aromatic heterocycles. The summed E-state index contributed by atoms with van der Waals surface area (Å²) in [5, 5.41) is 10.2. The van der Waals surface area contributed by atoms with E-state index in [1.54, 1.807) is 6.08 Å². The number of rotatable bonds is 19. The van der Waals surface area contributed by atoms with Crippen LogP contribution in [0.1, 0.15) is 71.1 Å². The summed E-state index contributed by atoms with van der Waals surface area (Å²) in [7, 11) is 4.06. The van der Waals surface area contributed by atoms with Crippen molar-refractivity contribution in [2.75, 3.05) is 32.8 Å². The Bertz CT molecular complexity index is 742. The lowest BCUT2D eigenvalue weighted by Crippen LogP contribution is -2.29. The second-order valence-electron chi connectivity index (χ2n) is 9.25. The van der Waals surface area contributed by atoms with Crippen LogP contribution in [-0.2, 0) is 33.4 Å². The molecule has 0 radical (unpaired) electrons. The highest BCUT2D eigenvalue weighted by atomic mass is 32.2. The summed E-state index contributed by atoms with van der Waals surface area (Å²) in [6, 6.07) is 0. The lowest BCUT2D eigenvalue weighted by Gasteiger charge is -2.28. The molecule has 0 aliphatic heterocycles. The van der Waals surface area contributed by atoms with Gasteiger partial charge in [-0.15, -0.1) is 23.5 Å². The van der Waals surface area contributed by atoms with Gasteiger partial charge in [0, 0.05) is 29.3 Å². The van der Waals surface area contributed by atoms with Gasteiger partial charge in [-0.05, 0) is 25.2 Å². The molecule has 0 spiro atoms. The SMILES string of the molecule is CCCCC[C@H](O)/C=C/[C@@H]1[C@@H](C(CCCCCC(=O)OC)SCC(=O)OC)C(=O)C[C@H]1SCC(=O)OC. The molecule has 10 heteroatoms. The third-order valence-electron chi connectivity index (χ3n) is 6.56.